The molecule has 0 amide bonds. The molecule has 1 aliphatic heterocycles. The number of fused-ring (bicyclic) bond motifs is 1. The molecule has 30 heavy (non-hydrogen) atoms. The van der Waals surface area contributed by atoms with Gasteiger partial charge in [0.15, 0.2) is 0 Å². The highest BCUT2D eigenvalue weighted by atomic mass is 16.5. The summed E-state index contributed by atoms with van der Waals surface area (Å²) in [6, 6.07) is 13.1. The Morgan fingerprint density at radius 3 is 2.83 bits per heavy atom. The molecule has 0 aliphatic carbocycles. The van der Waals surface area contributed by atoms with Crippen molar-refractivity contribution in [2.45, 2.75) is 25.8 Å². The summed E-state index contributed by atoms with van der Waals surface area (Å²) >= 11 is 0. The number of rotatable bonds is 7. The normalized spacial score (nSPS) is 19.8. The highest BCUT2D eigenvalue weighted by molar-refractivity contribution is 5.81. The zero-order valence-electron chi connectivity index (χ0n) is 17.0. The number of nitrogens with zero attached hydrogens (tertiary/aromatic N) is 2. The van der Waals surface area contributed by atoms with Gasteiger partial charge in [-0.15, -0.1) is 0 Å². The molecule has 7 nitrogen and oxygen atoms in total. The molecule has 1 aliphatic rings. The maximum atomic E-state index is 11.4. The number of phenols is 1. The number of likely N-dealkylation sites (tertiary alicyclic amines) is 1. The van der Waals surface area contributed by atoms with E-state index < -0.39 is 5.97 Å². The molecule has 3 aromatic rings. The van der Waals surface area contributed by atoms with E-state index in [1.165, 1.54) is 0 Å². The molecular weight excluding hydrogens is 382 g/mol. The molecule has 4 rings (SSSR count). The van der Waals surface area contributed by atoms with Crippen molar-refractivity contribution in [1.82, 2.24) is 14.9 Å². The molecule has 2 aromatic carbocycles. The van der Waals surface area contributed by atoms with Gasteiger partial charge in [0.05, 0.1) is 12.6 Å². The summed E-state index contributed by atoms with van der Waals surface area (Å²) in [4.78, 5) is 21.8. The molecule has 2 atom stereocenters. The lowest BCUT2D eigenvalue weighted by atomic mass is 9.81. The largest absolute Gasteiger partial charge is 0.508 e. The molecule has 0 bridgehead atoms. The maximum absolute atomic E-state index is 11.4. The van der Waals surface area contributed by atoms with Crippen LogP contribution in [0.4, 0.5) is 0 Å². The van der Waals surface area contributed by atoms with Crippen LogP contribution in [-0.4, -0.2) is 51.2 Å². The Kier molecular flexibility index (Phi) is 5.90. The number of H-pyrrole nitrogens is 1. The van der Waals surface area contributed by atoms with Gasteiger partial charge in [-0.05, 0) is 43.0 Å². The summed E-state index contributed by atoms with van der Waals surface area (Å²) in [5.74, 6) is 1.36. The van der Waals surface area contributed by atoms with Crippen LogP contribution in [0.5, 0.6) is 11.5 Å². The van der Waals surface area contributed by atoms with E-state index in [2.05, 4.69) is 9.88 Å². The molecule has 1 aromatic heterocycles. The smallest absolute Gasteiger partial charge is 0.303 e. The minimum atomic E-state index is -0.759. The van der Waals surface area contributed by atoms with E-state index in [1.807, 2.05) is 36.4 Å². The van der Waals surface area contributed by atoms with Gasteiger partial charge in [-0.2, -0.15) is 0 Å². The Bertz CT molecular complexity index is 1030. The van der Waals surface area contributed by atoms with Crippen LogP contribution in [0.3, 0.4) is 0 Å². The molecule has 0 radical (unpaired) electrons. The van der Waals surface area contributed by atoms with Gasteiger partial charge < -0.3 is 19.9 Å². The Morgan fingerprint density at radius 2 is 2.07 bits per heavy atom. The Labute approximate surface area is 175 Å². The molecule has 158 valence electrons. The summed E-state index contributed by atoms with van der Waals surface area (Å²) < 4.78 is 5.41. The number of carboxylic acids is 1. The Morgan fingerprint density at radius 1 is 1.23 bits per heavy atom. The number of imidazole rings is 1. The number of carboxylic acid groups (broad SMARTS) is 1. The molecular formula is C23H27N3O4. The SMILES string of the molecule is COc1cccc2[nH]c(CC3CN(Cc4ccccc4O)CCC3CC(=O)O)nc12. The number of carbonyl (C=O) groups is 1. The lowest BCUT2D eigenvalue weighted by molar-refractivity contribution is -0.139. The number of ether oxygens (including phenoxy) is 1. The molecule has 3 N–H and O–H groups in total. The van der Waals surface area contributed by atoms with Crippen LogP contribution in [0.2, 0.25) is 0 Å². The number of aromatic amines is 1. The first-order chi connectivity index (χ1) is 14.5. The van der Waals surface area contributed by atoms with Crippen LogP contribution in [0, 0.1) is 11.8 Å². The highest BCUT2D eigenvalue weighted by Gasteiger charge is 2.32. The number of aliphatic carboxylic acids is 1. The highest BCUT2D eigenvalue weighted by Crippen LogP contribution is 2.32. The van der Waals surface area contributed by atoms with Gasteiger partial charge in [0, 0.05) is 31.5 Å². The van der Waals surface area contributed by atoms with Gasteiger partial charge in [0.2, 0.25) is 0 Å². The number of para-hydroxylation sites is 2. The first-order valence-corrected chi connectivity index (χ1v) is 10.3. The molecule has 7 heteroatoms. The second-order valence-corrected chi connectivity index (χ2v) is 8.01. The van der Waals surface area contributed by atoms with Crippen LogP contribution in [-0.2, 0) is 17.8 Å². The fourth-order valence-electron chi connectivity index (χ4n) is 4.48. The number of benzene rings is 2. The first-order valence-electron chi connectivity index (χ1n) is 10.3. The van der Waals surface area contributed by atoms with E-state index in [1.54, 1.807) is 13.2 Å². The van der Waals surface area contributed by atoms with E-state index in [9.17, 15) is 15.0 Å². The third-order valence-electron chi connectivity index (χ3n) is 6.00. The second kappa shape index (κ2) is 8.75. The Hall–Kier alpha value is -3.06. The minimum absolute atomic E-state index is 0.0956. The fraction of sp³-hybridized carbons (Fsp3) is 0.391. The monoisotopic (exact) mass is 409 g/mol. The zero-order valence-corrected chi connectivity index (χ0v) is 17.0. The van der Waals surface area contributed by atoms with Crippen molar-refractivity contribution >= 4 is 17.0 Å². The quantitative estimate of drug-likeness (QED) is 0.553. The third kappa shape index (κ3) is 4.41. The van der Waals surface area contributed by atoms with E-state index in [0.29, 0.717) is 18.7 Å². The number of aromatic nitrogens is 2. The first kappa shape index (κ1) is 20.2. The van der Waals surface area contributed by atoms with Crippen molar-refractivity contribution < 1.29 is 19.7 Å². The van der Waals surface area contributed by atoms with Crippen molar-refractivity contribution in [3.05, 3.63) is 53.9 Å². The Balaban J connectivity index is 1.54. The predicted molar refractivity (Wildman–Crippen MR) is 114 cm³/mol. The van der Waals surface area contributed by atoms with E-state index >= 15 is 0 Å². The summed E-state index contributed by atoms with van der Waals surface area (Å²) in [7, 11) is 1.63. The van der Waals surface area contributed by atoms with Crippen LogP contribution >= 0.6 is 0 Å². The number of piperidine rings is 1. The topological polar surface area (TPSA) is 98.7 Å². The molecule has 2 heterocycles. The second-order valence-electron chi connectivity index (χ2n) is 8.01. The third-order valence-corrected chi connectivity index (χ3v) is 6.00. The van der Waals surface area contributed by atoms with Crippen molar-refractivity contribution in [2.24, 2.45) is 11.8 Å². The molecule has 1 saturated heterocycles. The standard InChI is InChI=1S/C23H27N3O4/c1-30-20-8-4-6-18-23(20)25-21(24-18)11-17-14-26(10-9-15(17)12-22(28)29)13-16-5-2-3-7-19(16)27/h2-8,15,17,27H,9-14H2,1H3,(H,24,25)(H,28,29). The fourth-order valence-corrected chi connectivity index (χ4v) is 4.48. The number of methoxy groups -OCH3 is 1. The van der Waals surface area contributed by atoms with Gasteiger partial charge in [-0.1, -0.05) is 24.3 Å². The molecule has 0 spiro atoms. The van der Waals surface area contributed by atoms with Crippen LogP contribution in [0.1, 0.15) is 24.2 Å². The molecule has 2 unspecified atom stereocenters. The number of phenolic OH excluding ortho intramolecular Hbond substituents is 1. The zero-order chi connectivity index (χ0) is 21.1. The van der Waals surface area contributed by atoms with E-state index in [0.717, 1.165) is 47.7 Å². The van der Waals surface area contributed by atoms with Gasteiger partial charge in [0.25, 0.3) is 0 Å². The van der Waals surface area contributed by atoms with Gasteiger partial charge in [-0.3, -0.25) is 9.69 Å². The maximum Gasteiger partial charge on any atom is 0.303 e. The lowest BCUT2D eigenvalue weighted by Crippen LogP contribution is -2.41. The summed E-state index contributed by atoms with van der Waals surface area (Å²) in [5, 5.41) is 19.5. The number of aromatic hydroxyl groups is 1. The average Bonchev–Trinajstić information content (AvgIpc) is 3.14. The summed E-state index contributed by atoms with van der Waals surface area (Å²) in [6.45, 7) is 2.23. The number of hydrogen-bond donors (Lipinski definition) is 3. The van der Waals surface area contributed by atoms with Crippen molar-refractivity contribution in [3.63, 3.8) is 0 Å². The van der Waals surface area contributed by atoms with Crippen molar-refractivity contribution in [3.8, 4) is 11.5 Å². The molecule has 1 fully saturated rings. The predicted octanol–water partition coefficient (Wildman–Crippen LogP) is 3.43. The van der Waals surface area contributed by atoms with Crippen LogP contribution in [0.25, 0.3) is 11.0 Å². The summed E-state index contributed by atoms with van der Waals surface area (Å²) in [6.07, 6.45) is 1.65. The van der Waals surface area contributed by atoms with Crippen molar-refractivity contribution in [1.29, 1.82) is 0 Å². The lowest BCUT2D eigenvalue weighted by Gasteiger charge is -2.38. The van der Waals surface area contributed by atoms with Gasteiger partial charge >= 0.3 is 5.97 Å². The number of nitrogens with one attached hydrogen (secondary N) is 1. The van der Waals surface area contributed by atoms with Crippen molar-refractivity contribution in [2.75, 3.05) is 20.2 Å². The number of hydrogen-bond acceptors (Lipinski definition) is 5. The molecule has 0 saturated carbocycles. The van der Waals surface area contributed by atoms with Crippen LogP contribution in [0.15, 0.2) is 42.5 Å². The van der Waals surface area contributed by atoms with Gasteiger partial charge in [-0.25, -0.2) is 4.98 Å². The van der Waals surface area contributed by atoms with E-state index in [4.69, 9.17) is 9.72 Å². The average molecular weight is 409 g/mol. The minimum Gasteiger partial charge on any atom is -0.508 e. The summed E-state index contributed by atoms with van der Waals surface area (Å²) in [5.41, 5.74) is 2.61. The van der Waals surface area contributed by atoms with E-state index in [-0.39, 0.29) is 18.3 Å². The van der Waals surface area contributed by atoms with Gasteiger partial charge in [0.1, 0.15) is 22.8 Å². The van der Waals surface area contributed by atoms with Crippen LogP contribution < -0.4 is 4.74 Å².